The van der Waals surface area contributed by atoms with Crippen molar-refractivity contribution in [2.75, 3.05) is 13.7 Å². The topological polar surface area (TPSA) is 18.5 Å². The first kappa shape index (κ1) is 10.4. The van der Waals surface area contributed by atoms with Gasteiger partial charge in [0.1, 0.15) is 11.9 Å². The molecule has 0 unspecified atom stereocenters. The number of hydrogen-bond acceptors (Lipinski definition) is 2. The fourth-order valence-electron chi connectivity index (χ4n) is 1.81. The summed E-state index contributed by atoms with van der Waals surface area (Å²) in [5.74, 6) is 0.811. The predicted molar refractivity (Wildman–Crippen MR) is 55.8 cm³/mol. The normalized spacial score (nSPS) is 26.3. The number of alkyl halides is 1. The Hall–Kier alpha value is -1.09. The second-order valence-electron chi connectivity index (χ2n) is 3.75. The highest BCUT2D eigenvalue weighted by molar-refractivity contribution is 5.28. The van der Waals surface area contributed by atoms with Crippen LogP contribution in [0, 0.1) is 0 Å². The molecule has 2 atom stereocenters. The van der Waals surface area contributed by atoms with Crippen molar-refractivity contribution < 1.29 is 13.9 Å². The van der Waals surface area contributed by atoms with Gasteiger partial charge in [0.25, 0.3) is 0 Å². The average Bonchev–Trinajstić information content (AvgIpc) is 2.29. The van der Waals surface area contributed by atoms with Crippen LogP contribution in [0.4, 0.5) is 4.39 Å². The van der Waals surface area contributed by atoms with E-state index >= 15 is 0 Å². The molecule has 1 aliphatic rings. The number of halogens is 1. The third-order valence-corrected chi connectivity index (χ3v) is 2.71. The summed E-state index contributed by atoms with van der Waals surface area (Å²) < 4.78 is 23.7. The van der Waals surface area contributed by atoms with E-state index in [0.29, 0.717) is 19.4 Å². The molecular formula is C12H15FO2. The summed E-state index contributed by atoms with van der Waals surface area (Å²) >= 11 is 0. The minimum atomic E-state index is -0.731. The van der Waals surface area contributed by atoms with Gasteiger partial charge < -0.3 is 9.47 Å². The minimum absolute atomic E-state index is 0.0975. The van der Waals surface area contributed by atoms with E-state index in [4.69, 9.17) is 9.47 Å². The molecule has 0 aliphatic carbocycles. The lowest BCUT2D eigenvalue weighted by atomic mass is 10.0. The van der Waals surface area contributed by atoms with Gasteiger partial charge in [-0.2, -0.15) is 0 Å². The molecule has 0 amide bonds. The average molecular weight is 210 g/mol. The zero-order valence-electron chi connectivity index (χ0n) is 8.78. The molecule has 15 heavy (non-hydrogen) atoms. The van der Waals surface area contributed by atoms with Crippen molar-refractivity contribution in [3.63, 3.8) is 0 Å². The predicted octanol–water partition coefficient (Wildman–Crippen LogP) is 2.88. The van der Waals surface area contributed by atoms with Crippen LogP contribution in [-0.4, -0.2) is 19.9 Å². The summed E-state index contributed by atoms with van der Waals surface area (Å²) in [6.45, 7) is 0.512. The number of hydrogen-bond donors (Lipinski definition) is 0. The minimum Gasteiger partial charge on any atom is -0.497 e. The molecule has 2 rings (SSSR count). The van der Waals surface area contributed by atoms with Gasteiger partial charge in [-0.1, -0.05) is 12.1 Å². The van der Waals surface area contributed by atoms with Gasteiger partial charge in [0.05, 0.1) is 19.8 Å². The van der Waals surface area contributed by atoms with Crippen molar-refractivity contribution >= 4 is 0 Å². The first-order valence-corrected chi connectivity index (χ1v) is 5.19. The molecule has 1 heterocycles. The van der Waals surface area contributed by atoms with Crippen molar-refractivity contribution in [2.45, 2.75) is 25.1 Å². The van der Waals surface area contributed by atoms with Crippen LogP contribution in [0.25, 0.3) is 0 Å². The van der Waals surface area contributed by atoms with Crippen LogP contribution < -0.4 is 4.74 Å². The third kappa shape index (κ3) is 2.48. The highest BCUT2D eigenvalue weighted by atomic mass is 19.1. The van der Waals surface area contributed by atoms with Gasteiger partial charge >= 0.3 is 0 Å². The lowest BCUT2D eigenvalue weighted by Gasteiger charge is -2.25. The lowest BCUT2D eigenvalue weighted by molar-refractivity contribution is -0.0193. The summed E-state index contributed by atoms with van der Waals surface area (Å²) in [6.07, 6.45) is 0.157. The maximum atomic E-state index is 13.2. The molecule has 3 heteroatoms. The van der Waals surface area contributed by atoms with Crippen LogP contribution in [0.3, 0.4) is 0 Å². The molecule has 0 saturated carbocycles. The Morgan fingerprint density at radius 1 is 1.33 bits per heavy atom. The monoisotopic (exact) mass is 210 g/mol. The Kier molecular flexibility index (Phi) is 3.21. The van der Waals surface area contributed by atoms with E-state index in [1.165, 1.54) is 0 Å². The molecule has 1 saturated heterocycles. The van der Waals surface area contributed by atoms with Gasteiger partial charge in [0.2, 0.25) is 0 Å². The van der Waals surface area contributed by atoms with Crippen LogP contribution in [0.2, 0.25) is 0 Å². The van der Waals surface area contributed by atoms with Gasteiger partial charge in [-0.05, 0) is 17.7 Å². The molecule has 1 fully saturated rings. The van der Waals surface area contributed by atoms with Gasteiger partial charge in [-0.25, -0.2) is 4.39 Å². The molecule has 0 bridgehead atoms. The van der Waals surface area contributed by atoms with E-state index in [1.807, 2.05) is 24.3 Å². The lowest BCUT2D eigenvalue weighted by Crippen LogP contribution is -2.20. The Bertz CT molecular complexity index is 310. The summed E-state index contributed by atoms with van der Waals surface area (Å²) in [4.78, 5) is 0. The van der Waals surface area contributed by atoms with Gasteiger partial charge in [0, 0.05) is 12.8 Å². The standard InChI is InChI=1S/C12H15FO2/c1-14-11-4-2-9(3-5-11)12-8-10(13)6-7-15-12/h2-5,10,12H,6-8H2,1H3/t10-,12-/m0/s1. The molecule has 1 aromatic rings. The van der Waals surface area contributed by atoms with E-state index in [2.05, 4.69) is 0 Å². The van der Waals surface area contributed by atoms with Crippen molar-refractivity contribution in [1.82, 2.24) is 0 Å². The van der Waals surface area contributed by atoms with Crippen LogP contribution in [-0.2, 0) is 4.74 Å². The Morgan fingerprint density at radius 3 is 2.67 bits per heavy atom. The SMILES string of the molecule is COc1ccc([C@@H]2C[C@@H](F)CCO2)cc1. The van der Waals surface area contributed by atoms with Gasteiger partial charge in [-0.15, -0.1) is 0 Å². The fraction of sp³-hybridized carbons (Fsp3) is 0.500. The molecule has 2 nitrogen and oxygen atoms in total. The van der Waals surface area contributed by atoms with Crippen molar-refractivity contribution in [2.24, 2.45) is 0 Å². The van der Waals surface area contributed by atoms with E-state index in [0.717, 1.165) is 11.3 Å². The maximum absolute atomic E-state index is 13.2. The Labute approximate surface area is 89.0 Å². The highest BCUT2D eigenvalue weighted by Crippen LogP contribution is 2.30. The number of rotatable bonds is 2. The van der Waals surface area contributed by atoms with Gasteiger partial charge in [-0.3, -0.25) is 0 Å². The number of benzene rings is 1. The summed E-state index contributed by atoms with van der Waals surface area (Å²) in [6, 6.07) is 7.62. The third-order valence-electron chi connectivity index (χ3n) is 2.71. The highest BCUT2D eigenvalue weighted by Gasteiger charge is 2.23. The number of methoxy groups -OCH3 is 1. The zero-order chi connectivity index (χ0) is 10.7. The largest absolute Gasteiger partial charge is 0.497 e. The van der Waals surface area contributed by atoms with Crippen molar-refractivity contribution in [1.29, 1.82) is 0 Å². The first-order valence-electron chi connectivity index (χ1n) is 5.19. The summed E-state index contributed by atoms with van der Waals surface area (Å²) in [5.41, 5.74) is 1.03. The second-order valence-corrected chi connectivity index (χ2v) is 3.75. The molecule has 82 valence electrons. The van der Waals surface area contributed by atoms with E-state index in [1.54, 1.807) is 7.11 Å². The zero-order valence-corrected chi connectivity index (χ0v) is 8.78. The van der Waals surface area contributed by atoms with Crippen LogP contribution >= 0.6 is 0 Å². The number of ether oxygens (including phenoxy) is 2. The fourth-order valence-corrected chi connectivity index (χ4v) is 1.81. The molecule has 0 N–H and O–H groups in total. The molecule has 0 radical (unpaired) electrons. The smallest absolute Gasteiger partial charge is 0.118 e. The van der Waals surface area contributed by atoms with Crippen LogP contribution in [0.5, 0.6) is 5.75 Å². The molecule has 1 aromatic carbocycles. The summed E-state index contributed by atoms with van der Waals surface area (Å²) in [5, 5.41) is 0. The molecular weight excluding hydrogens is 195 g/mol. The van der Waals surface area contributed by atoms with Gasteiger partial charge in [0.15, 0.2) is 0 Å². The van der Waals surface area contributed by atoms with E-state index < -0.39 is 6.17 Å². The Morgan fingerprint density at radius 2 is 2.07 bits per heavy atom. The molecule has 0 spiro atoms. The van der Waals surface area contributed by atoms with Crippen molar-refractivity contribution in [3.8, 4) is 5.75 Å². The first-order chi connectivity index (χ1) is 7.29. The maximum Gasteiger partial charge on any atom is 0.118 e. The quantitative estimate of drug-likeness (QED) is 0.747. The summed E-state index contributed by atoms with van der Waals surface area (Å²) in [7, 11) is 1.63. The molecule has 0 aromatic heterocycles. The van der Waals surface area contributed by atoms with E-state index in [-0.39, 0.29) is 6.10 Å². The molecule has 1 aliphatic heterocycles. The van der Waals surface area contributed by atoms with Crippen LogP contribution in [0.15, 0.2) is 24.3 Å². The Balaban J connectivity index is 2.07. The van der Waals surface area contributed by atoms with Crippen molar-refractivity contribution in [3.05, 3.63) is 29.8 Å². The van der Waals surface area contributed by atoms with Crippen LogP contribution in [0.1, 0.15) is 24.5 Å². The second kappa shape index (κ2) is 4.62. The van der Waals surface area contributed by atoms with E-state index in [9.17, 15) is 4.39 Å².